The van der Waals surface area contributed by atoms with Gasteiger partial charge in [-0.05, 0) is 38.1 Å². The minimum absolute atomic E-state index is 0.0782. The second-order valence-electron chi connectivity index (χ2n) is 6.59. The number of carboxylic acid groups (broad SMARTS) is 1. The Bertz CT molecular complexity index is 715. The topological polar surface area (TPSA) is 82.0 Å². The summed E-state index contributed by atoms with van der Waals surface area (Å²) in [5.41, 5.74) is 1.50. The van der Waals surface area contributed by atoms with Crippen LogP contribution in [0.2, 0.25) is 0 Å². The van der Waals surface area contributed by atoms with Crippen molar-refractivity contribution in [2.45, 2.75) is 18.5 Å². The minimum atomic E-state index is -1.16. The molecule has 2 N–H and O–H groups in total. The molecule has 4 unspecified atom stereocenters. The molecule has 0 bridgehead atoms. The van der Waals surface area contributed by atoms with Crippen LogP contribution in [0.15, 0.2) is 29.3 Å². The number of rotatable bonds is 2. The van der Waals surface area contributed by atoms with Crippen molar-refractivity contribution < 1.29 is 14.7 Å². The molecule has 3 aliphatic heterocycles. The molecule has 0 spiro atoms. The van der Waals surface area contributed by atoms with Gasteiger partial charge in [0.15, 0.2) is 11.7 Å². The predicted molar refractivity (Wildman–Crippen MR) is 85.3 cm³/mol. The number of fused-ring (bicyclic) bond motifs is 2. The predicted octanol–water partition coefficient (Wildman–Crippen LogP) is 0.948. The number of hydrogen-bond acceptors (Lipinski definition) is 5. The van der Waals surface area contributed by atoms with Crippen LogP contribution < -0.4 is 5.32 Å². The third-order valence-corrected chi connectivity index (χ3v) is 5.41. The molecular weight excluding hydrogens is 294 g/mol. The van der Waals surface area contributed by atoms with Crippen LogP contribution in [0.5, 0.6) is 0 Å². The summed E-state index contributed by atoms with van der Waals surface area (Å²) in [6.45, 7) is 1.86. The van der Waals surface area contributed by atoms with Gasteiger partial charge in [0.1, 0.15) is 0 Å². The molecule has 23 heavy (non-hydrogen) atoms. The van der Waals surface area contributed by atoms with Crippen molar-refractivity contribution >= 4 is 23.2 Å². The number of aliphatic carboxylic acids is 1. The molecule has 0 aliphatic carbocycles. The average Bonchev–Trinajstić information content (AvgIpc) is 3.10. The normalized spacial score (nSPS) is 33.3. The molecule has 6 nitrogen and oxygen atoms in total. The smallest absolute Gasteiger partial charge is 0.320 e. The highest BCUT2D eigenvalue weighted by Gasteiger charge is 2.48. The Morgan fingerprint density at radius 3 is 2.87 bits per heavy atom. The van der Waals surface area contributed by atoms with Crippen molar-refractivity contribution in [2.75, 3.05) is 20.1 Å². The quantitative estimate of drug-likeness (QED) is 0.794. The summed E-state index contributed by atoms with van der Waals surface area (Å²) < 4.78 is 0. The number of nitrogens with zero attached hydrogens (tertiary/aromatic N) is 2. The first-order valence-corrected chi connectivity index (χ1v) is 7.95. The van der Waals surface area contributed by atoms with E-state index in [0.717, 1.165) is 19.5 Å². The lowest BCUT2D eigenvalue weighted by Gasteiger charge is -2.30. The number of para-hydroxylation sites is 1. The number of hydrogen-bond donors (Lipinski definition) is 2. The van der Waals surface area contributed by atoms with Gasteiger partial charge in [-0.2, -0.15) is 0 Å². The molecule has 0 radical (unpaired) electrons. The zero-order chi connectivity index (χ0) is 16.1. The summed E-state index contributed by atoms with van der Waals surface area (Å²) in [6.07, 6.45) is 0.853. The van der Waals surface area contributed by atoms with Gasteiger partial charge in [-0.15, -0.1) is 0 Å². The number of nitrogens with one attached hydrogen (secondary N) is 1. The number of likely N-dealkylation sites (N-methyl/N-ethyl adjacent to an activating group) is 1. The fraction of sp³-hybridized carbons (Fsp3) is 0.471. The van der Waals surface area contributed by atoms with Crippen LogP contribution in [0.3, 0.4) is 0 Å². The third-order valence-electron chi connectivity index (χ3n) is 5.41. The highest BCUT2D eigenvalue weighted by molar-refractivity contribution is 6.28. The van der Waals surface area contributed by atoms with Crippen LogP contribution in [-0.2, 0) is 4.79 Å². The number of likely N-dealkylation sites (tertiary alicyclic amines) is 1. The zero-order valence-corrected chi connectivity index (χ0v) is 12.9. The van der Waals surface area contributed by atoms with Gasteiger partial charge < -0.3 is 10.4 Å². The van der Waals surface area contributed by atoms with Gasteiger partial charge in [-0.1, -0.05) is 12.1 Å². The van der Waals surface area contributed by atoms with Crippen LogP contribution in [-0.4, -0.2) is 59.7 Å². The SMILES string of the molecule is CN1C(C2=Nc3ccccc3C(=O)C2C(=O)O)CC2CNCC21. The fourth-order valence-corrected chi connectivity index (χ4v) is 4.23. The number of carbonyl (C=O) groups is 2. The Morgan fingerprint density at radius 2 is 2.13 bits per heavy atom. The van der Waals surface area contributed by atoms with E-state index in [1.54, 1.807) is 18.2 Å². The molecule has 0 saturated carbocycles. The molecule has 1 aromatic carbocycles. The summed E-state index contributed by atoms with van der Waals surface area (Å²) in [5, 5.41) is 13.0. The largest absolute Gasteiger partial charge is 0.480 e. The van der Waals surface area contributed by atoms with Crippen LogP contribution in [0.1, 0.15) is 16.8 Å². The zero-order valence-electron chi connectivity index (χ0n) is 12.9. The first kappa shape index (κ1) is 14.5. The Balaban J connectivity index is 1.78. The van der Waals surface area contributed by atoms with E-state index in [-0.39, 0.29) is 11.8 Å². The van der Waals surface area contributed by atoms with E-state index in [4.69, 9.17) is 0 Å². The third kappa shape index (κ3) is 2.13. The first-order chi connectivity index (χ1) is 11.1. The number of carbonyl (C=O) groups excluding carboxylic acids is 1. The lowest BCUT2D eigenvalue weighted by molar-refractivity contribution is -0.138. The molecule has 2 saturated heterocycles. The molecule has 2 fully saturated rings. The highest BCUT2D eigenvalue weighted by Crippen LogP contribution is 2.37. The van der Waals surface area contributed by atoms with Crippen molar-refractivity contribution in [3.8, 4) is 0 Å². The molecule has 3 heterocycles. The Morgan fingerprint density at radius 1 is 1.35 bits per heavy atom. The van der Waals surface area contributed by atoms with Crippen molar-refractivity contribution in [2.24, 2.45) is 16.8 Å². The van der Waals surface area contributed by atoms with Gasteiger partial charge >= 0.3 is 5.97 Å². The first-order valence-electron chi connectivity index (χ1n) is 7.95. The molecule has 0 aromatic heterocycles. The second-order valence-corrected chi connectivity index (χ2v) is 6.59. The maximum absolute atomic E-state index is 12.7. The van der Waals surface area contributed by atoms with Gasteiger partial charge in [0, 0.05) is 24.2 Å². The van der Waals surface area contributed by atoms with Gasteiger partial charge in [0.2, 0.25) is 0 Å². The van der Waals surface area contributed by atoms with Crippen molar-refractivity contribution in [1.29, 1.82) is 0 Å². The second kappa shape index (κ2) is 5.25. The summed E-state index contributed by atoms with van der Waals surface area (Å²) in [6, 6.07) is 7.32. The summed E-state index contributed by atoms with van der Waals surface area (Å²) in [4.78, 5) is 31.3. The molecule has 1 aromatic rings. The minimum Gasteiger partial charge on any atom is -0.480 e. The maximum Gasteiger partial charge on any atom is 0.320 e. The van der Waals surface area contributed by atoms with Gasteiger partial charge in [0.05, 0.1) is 11.4 Å². The maximum atomic E-state index is 12.7. The summed E-state index contributed by atoms with van der Waals surface area (Å²) in [7, 11) is 2.01. The molecule has 0 amide bonds. The molecule has 120 valence electrons. The molecule has 4 rings (SSSR count). The lowest BCUT2D eigenvalue weighted by atomic mass is 9.84. The number of carboxylic acids is 1. The van der Waals surface area contributed by atoms with Crippen molar-refractivity contribution in [3.05, 3.63) is 29.8 Å². The van der Waals surface area contributed by atoms with Crippen LogP contribution in [0.25, 0.3) is 0 Å². The van der Waals surface area contributed by atoms with E-state index in [1.807, 2.05) is 13.1 Å². The monoisotopic (exact) mass is 313 g/mol. The van der Waals surface area contributed by atoms with E-state index >= 15 is 0 Å². The summed E-state index contributed by atoms with van der Waals surface area (Å²) in [5.74, 6) is -2.12. The van der Waals surface area contributed by atoms with Crippen molar-refractivity contribution in [3.63, 3.8) is 0 Å². The van der Waals surface area contributed by atoms with E-state index < -0.39 is 11.9 Å². The number of aliphatic imine (C=N–C) groups is 1. The molecule has 3 aliphatic rings. The number of benzene rings is 1. The van der Waals surface area contributed by atoms with Crippen molar-refractivity contribution in [1.82, 2.24) is 10.2 Å². The lowest BCUT2D eigenvalue weighted by Crippen LogP contribution is -2.47. The van der Waals surface area contributed by atoms with E-state index in [1.165, 1.54) is 0 Å². The standard InChI is InChI=1S/C17H19N3O3/c1-20-12(6-9-7-18-8-13(9)20)15-14(17(22)23)16(21)10-4-2-3-5-11(10)19-15/h2-5,9,12-14,18H,6-8H2,1H3,(H,22,23). The van der Waals surface area contributed by atoms with Crippen LogP contribution in [0, 0.1) is 11.8 Å². The Labute approximate surface area is 134 Å². The van der Waals surface area contributed by atoms with Crippen LogP contribution >= 0.6 is 0 Å². The van der Waals surface area contributed by atoms with Gasteiger partial charge in [-0.3, -0.25) is 19.5 Å². The van der Waals surface area contributed by atoms with E-state index in [9.17, 15) is 14.7 Å². The Kier molecular flexibility index (Phi) is 3.32. The van der Waals surface area contributed by atoms with E-state index in [2.05, 4.69) is 15.2 Å². The van der Waals surface area contributed by atoms with Crippen LogP contribution in [0.4, 0.5) is 5.69 Å². The molecular formula is C17H19N3O3. The van der Waals surface area contributed by atoms with Gasteiger partial charge in [0.25, 0.3) is 0 Å². The summed E-state index contributed by atoms with van der Waals surface area (Å²) >= 11 is 0. The highest BCUT2D eigenvalue weighted by atomic mass is 16.4. The Hall–Kier alpha value is -2.05. The molecule has 4 atom stereocenters. The number of ketones is 1. The molecule has 6 heteroatoms. The number of Topliss-reactive ketones (excluding diaryl/α,β-unsaturated/α-hetero) is 1. The van der Waals surface area contributed by atoms with Gasteiger partial charge in [-0.25, -0.2) is 0 Å². The average molecular weight is 313 g/mol. The van der Waals surface area contributed by atoms with E-state index in [0.29, 0.717) is 28.9 Å². The fourth-order valence-electron chi connectivity index (χ4n) is 4.23.